The molecule has 1 aromatic rings. The predicted octanol–water partition coefficient (Wildman–Crippen LogP) is 4.54. The van der Waals surface area contributed by atoms with Crippen LogP contribution in [0, 0.1) is 5.92 Å². The van der Waals surface area contributed by atoms with Crippen LogP contribution in [0.2, 0.25) is 0 Å². The molecule has 0 heterocycles. The molecule has 0 aromatic heterocycles. The fraction of sp³-hybridized carbons (Fsp3) is 0.571. The van der Waals surface area contributed by atoms with E-state index in [0.717, 1.165) is 16.9 Å². The summed E-state index contributed by atoms with van der Waals surface area (Å²) in [6.45, 7) is 7.76. The van der Waals surface area contributed by atoms with Crippen molar-refractivity contribution in [2.45, 2.75) is 39.7 Å². The van der Waals surface area contributed by atoms with Crippen LogP contribution in [0.5, 0.6) is 0 Å². The average Bonchev–Trinajstić information content (AvgIpc) is 2.25. The number of hydrogen-bond acceptors (Lipinski definition) is 1. The van der Waals surface area contributed by atoms with Gasteiger partial charge < -0.3 is 5.32 Å². The number of rotatable bonds is 6. The van der Waals surface area contributed by atoms with Gasteiger partial charge in [0, 0.05) is 10.5 Å². The van der Waals surface area contributed by atoms with E-state index in [4.69, 9.17) is 0 Å². The highest BCUT2D eigenvalue weighted by atomic mass is 79.9. The van der Waals surface area contributed by atoms with Crippen molar-refractivity contribution in [3.05, 3.63) is 34.3 Å². The summed E-state index contributed by atoms with van der Waals surface area (Å²) in [5.74, 6) is 0.775. The van der Waals surface area contributed by atoms with Gasteiger partial charge in [0.05, 0.1) is 0 Å². The topological polar surface area (TPSA) is 12.0 Å². The van der Waals surface area contributed by atoms with Gasteiger partial charge in [-0.05, 0) is 43.0 Å². The third-order valence-electron chi connectivity index (χ3n) is 2.76. The molecule has 0 bridgehead atoms. The minimum atomic E-state index is 0.500. The zero-order chi connectivity index (χ0) is 12.0. The van der Waals surface area contributed by atoms with Crippen LogP contribution in [-0.2, 0) is 0 Å². The van der Waals surface area contributed by atoms with E-state index in [1.807, 2.05) is 0 Å². The maximum absolute atomic E-state index is 3.56. The summed E-state index contributed by atoms with van der Waals surface area (Å²) < 4.78 is 1.15. The first-order chi connectivity index (χ1) is 7.63. The molecule has 16 heavy (non-hydrogen) atoms. The lowest BCUT2D eigenvalue weighted by atomic mass is 9.98. The molecule has 90 valence electrons. The second-order valence-corrected chi connectivity index (χ2v) is 5.55. The summed E-state index contributed by atoms with van der Waals surface area (Å²) in [4.78, 5) is 0. The van der Waals surface area contributed by atoms with Crippen molar-refractivity contribution in [1.82, 2.24) is 5.32 Å². The summed E-state index contributed by atoms with van der Waals surface area (Å²) in [6, 6.07) is 9.15. The van der Waals surface area contributed by atoms with Gasteiger partial charge in [0.15, 0.2) is 0 Å². The SMILES string of the molecule is CCNC(CCC(C)C)c1ccc(Br)cc1. The third-order valence-corrected chi connectivity index (χ3v) is 3.28. The predicted molar refractivity (Wildman–Crippen MR) is 74.6 cm³/mol. The van der Waals surface area contributed by atoms with Crippen molar-refractivity contribution in [1.29, 1.82) is 0 Å². The normalized spacial score (nSPS) is 13.1. The Morgan fingerprint density at radius 1 is 1.12 bits per heavy atom. The highest BCUT2D eigenvalue weighted by Crippen LogP contribution is 2.22. The minimum absolute atomic E-state index is 0.500. The summed E-state index contributed by atoms with van der Waals surface area (Å²) in [5.41, 5.74) is 1.39. The van der Waals surface area contributed by atoms with Crippen LogP contribution in [0.1, 0.15) is 45.2 Å². The van der Waals surface area contributed by atoms with Gasteiger partial charge in [0.1, 0.15) is 0 Å². The molecule has 1 rings (SSSR count). The Hall–Kier alpha value is -0.340. The Morgan fingerprint density at radius 2 is 1.75 bits per heavy atom. The van der Waals surface area contributed by atoms with E-state index in [1.165, 1.54) is 18.4 Å². The van der Waals surface area contributed by atoms with Crippen molar-refractivity contribution >= 4 is 15.9 Å². The molecule has 1 aromatic carbocycles. The van der Waals surface area contributed by atoms with Crippen LogP contribution in [0.3, 0.4) is 0 Å². The molecule has 0 saturated carbocycles. The smallest absolute Gasteiger partial charge is 0.0320 e. The molecule has 1 N–H and O–H groups in total. The van der Waals surface area contributed by atoms with Gasteiger partial charge in [0.2, 0.25) is 0 Å². The fourth-order valence-corrected chi connectivity index (χ4v) is 2.09. The Kier molecular flexibility index (Phi) is 6.07. The lowest BCUT2D eigenvalue weighted by Crippen LogP contribution is -2.21. The Labute approximate surface area is 108 Å². The molecule has 0 aliphatic heterocycles. The highest BCUT2D eigenvalue weighted by molar-refractivity contribution is 9.10. The third kappa shape index (κ3) is 4.67. The van der Waals surface area contributed by atoms with Crippen LogP contribution in [0.4, 0.5) is 0 Å². The van der Waals surface area contributed by atoms with Gasteiger partial charge in [0.25, 0.3) is 0 Å². The van der Waals surface area contributed by atoms with E-state index in [1.54, 1.807) is 0 Å². The second-order valence-electron chi connectivity index (χ2n) is 4.63. The number of nitrogens with one attached hydrogen (secondary N) is 1. The maximum Gasteiger partial charge on any atom is 0.0320 e. The van der Waals surface area contributed by atoms with E-state index in [0.29, 0.717) is 6.04 Å². The number of hydrogen-bond donors (Lipinski definition) is 1. The molecular formula is C14H22BrN. The van der Waals surface area contributed by atoms with Gasteiger partial charge in [-0.25, -0.2) is 0 Å². The van der Waals surface area contributed by atoms with Crippen molar-refractivity contribution in [3.8, 4) is 0 Å². The van der Waals surface area contributed by atoms with Gasteiger partial charge in [-0.3, -0.25) is 0 Å². The van der Waals surface area contributed by atoms with Crippen LogP contribution < -0.4 is 5.32 Å². The first-order valence-corrected chi connectivity index (χ1v) is 6.91. The Bertz CT molecular complexity index is 292. The molecule has 1 nitrogen and oxygen atoms in total. The van der Waals surface area contributed by atoms with Crippen LogP contribution in [0.15, 0.2) is 28.7 Å². The fourth-order valence-electron chi connectivity index (χ4n) is 1.83. The van der Waals surface area contributed by atoms with E-state index in [2.05, 4.69) is 66.3 Å². The van der Waals surface area contributed by atoms with E-state index in [-0.39, 0.29) is 0 Å². The van der Waals surface area contributed by atoms with Crippen LogP contribution in [0.25, 0.3) is 0 Å². The highest BCUT2D eigenvalue weighted by Gasteiger charge is 2.10. The molecule has 0 amide bonds. The van der Waals surface area contributed by atoms with Crippen molar-refractivity contribution in [3.63, 3.8) is 0 Å². The average molecular weight is 284 g/mol. The lowest BCUT2D eigenvalue weighted by molar-refractivity contribution is 0.448. The standard InChI is InChI=1S/C14H22BrN/c1-4-16-14(10-5-11(2)3)12-6-8-13(15)9-7-12/h6-9,11,14,16H,4-5,10H2,1-3H3. The molecule has 1 atom stereocenters. The quantitative estimate of drug-likeness (QED) is 0.809. The Morgan fingerprint density at radius 3 is 2.25 bits per heavy atom. The number of halogens is 1. The second kappa shape index (κ2) is 7.08. The molecule has 0 spiro atoms. The van der Waals surface area contributed by atoms with Crippen LogP contribution in [-0.4, -0.2) is 6.54 Å². The summed E-state index contributed by atoms with van der Waals surface area (Å²) >= 11 is 3.48. The zero-order valence-electron chi connectivity index (χ0n) is 10.5. The van der Waals surface area contributed by atoms with E-state index < -0.39 is 0 Å². The molecule has 0 radical (unpaired) electrons. The molecular weight excluding hydrogens is 262 g/mol. The zero-order valence-corrected chi connectivity index (χ0v) is 12.0. The lowest BCUT2D eigenvalue weighted by Gasteiger charge is -2.19. The summed E-state index contributed by atoms with van der Waals surface area (Å²) in [7, 11) is 0. The maximum atomic E-state index is 3.56. The van der Waals surface area contributed by atoms with Gasteiger partial charge in [-0.15, -0.1) is 0 Å². The molecule has 1 unspecified atom stereocenters. The molecule has 2 heteroatoms. The molecule has 0 fully saturated rings. The van der Waals surface area contributed by atoms with Gasteiger partial charge >= 0.3 is 0 Å². The molecule has 0 saturated heterocycles. The van der Waals surface area contributed by atoms with Gasteiger partial charge in [-0.1, -0.05) is 48.8 Å². The largest absolute Gasteiger partial charge is 0.310 e. The summed E-state index contributed by atoms with van der Waals surface area (Å²) in [6.07, 6.45) is 2.49. The monoisotopic (exact) mass is 283 g/mol. The van der Waals surface area contributed by atoms with E-state index in [9.17, 15) is 0 Å². The first kappa shape index (κ1) is 13.7. The first-order valence-electron chi connectivity index (χ1n) is 6.12. The molecule has 0 aliphatic carbocycles. The van der Waals surface area contributed by atoms with Crippen LogP contribution >= 0.6 is 15.9 Å². The van der Waals surface area contributed by atoms with Crippen molar-refractivity contribution in [2.24, 2.45) is 5.92 Å². The van der Waals surface area contributed by atoms with Crippen molar-refractivity contribution in [2.75, 3.05) is 6.54 Å². The Balaban J connectivity index is 2.64. The van der Waals surface area contributed by atoms with E-state index >= 15 is 0 Å². The number of benzene rings is 1. The van der Waals surface area contributed by atoms with Crippen molar-refractivity contribution < 1.29 is 0 Å². The molecule has 0 aliphatic rings. The van der Waals surface area contributed by atoms with Gasteiger partial charge in [-0.2, -0.15) is 0 Å². The minimum Gasteiger partial charge on any atom is -0.310 e. The summed E-state index contributed by atoms with van der Waals surface area (Å²) in [5, 5.41) is 3.56.